The fraction of sp³-hybridized carbons (Fsp3) is 0.238. The summed E-state index contributed by atoms with van der Waals surface area (Å²) in [5, 5.41) is 0.779. The Morgan fingerprint density at radius 3 is 2.63 bits per heavy atom. The number of hydrogen-bond donors (Lipinski definition) is 0. The molecule has 138 valence electrons. The highest BCUT2D eigenvalue weighted by molar-refractivity contribution is 8.18. The second-order valence-corrected chi connectivity index (χ2v) is 7.37. The monoisotopic (exact) mass is 380 g/mol. The van der Waals surface area contributed by atoms with Crippen LogP contribution in [0.25, 0.3) is 6.08 Å². The molecule has 2 heterocycles. The largest absolute Gasteiger partial charge is 0.493 e. The van der Waals surface area contributed by atoms with Gasteiger partial charge in [-0.2, -0.15) is 4.99 Å². The van der Waals surface area contributed by atoms with E-state index in [9.17, 15) is 4.79 Å². The van der Waals surface area contributed by atoms with Crippen molar-refractivity contribution in [3.8, 4) is 11.5 Å². The Bertz CT molecular complexity index is 952. The molecule has 27 heavy (non-hydrogen) atoms. The predicted molar refractivity (Wildman–Crippen MR) is 108 cm³/mol. The van der Waals surface area contributed by atoms with Crippen LogP contribution in [0.4, 0.5) is 0 Å². The van der Waals surface area contributed by atoms with Gasteiger partial charge in [0, 0.05) is 13.1 Å². The normalized spacial score (nSPS) is 17.7. The van der Waals surface area contributed by atoms with E-state index in [1.54, 1.807) is 14.2 Å². The van der Waals surface area contributed by atoms with E-state index < -0.39 is 0 Å². The SMILES string of the molecule is COc1ccc(/C=C2/SC(N3CCc4ccccc4C3)=NC2=O)cc1OC. The Morgan fingerprint density at radius 1 is 1.07 bits per heavy atom. The number of rotatable bonds is 3. The van der Waals surface area contributed by atoms with Crippen LogP contribution in [0.3, 0.4) is 0 Å². The van der Waals surface area contributed by atoms with Crippen molar-refractivity contribution in [1.29, 1.82) is 0 Å². The number of ether oxygens (including phenoxy) is 2. The number of hydrogen-bond acceptors (Lipinski definition) is 5. The summed E-state index contributed by atoms with van der Waals surface area (Å²) in [6.07, 6.45) is 2.82. The Balaban J connectivity index is 1.52. The maximum absolute atomic E-state index is 12.4. The standard InChI is InChI=1S/C21H20N2O3S/c1-25-17-8-7-14(11-18(17)26-2)12-19-20(24)22-21(27-19)23-10-9-15-5-3-4-6-16(15)13-23/h3-8,11-12H,9-10,13H2,1-2H3/b19-12+. The number of amidine groups is 1. The van der Waals surface area contributed by atoms with Crippen LogP contribution in [0, 0.1) is 0 Å². The van der Waals surface area contributed by atoms with Gasteiger partial charge >= 0.3 is 0 Å². The van der Waals surface area contributed by atoms with Crippen molar-refractivity contribution in [2.75, 3.05) is 20.8 Å². The molecule has 0 spiro atoms. The molecule has 0 bridgehead atoms. The van der Waals surface area contributed by atoms with Crippen LogP contribution >= 0.6 is 11.8 Å². The van der Waals surface area contributed by atoms with Gasteiger partial charge in [-0.1, -0.05) is 30.3 Å². The third-order valence-electron chi connectivity index (χ3n) is 4.72. The summed E-state index contributed by atoms with van der Waals surface area (Å²) >= 11 is 1.43. The van der Waals surface area contributed by atoms with E-state index in [1.807, 2.05) is 24.3 Å². The predicted octanol–water partition coefficient (Wildman–Crippen LogP) is 3.73. The Kier molecular flexibility index (Phi) is 4.90. The minimum atomic E-state index is -0.191. The molecule has 0 N–H and O–H groups in total. The first-order valence-corrected chi connectivity index (χ1v) is 9.56. The highest BCUT2D eigenvalue weighted by atomic mass is 32.2. The molecule has 0 aliphatic carbocycles. The number of carbonyl (C=O) groups excluding carboxylic acids is 1. The molecule has 0 fully saturated rings. The first-order valence-electron chi connectivity index (χ1n) is 8.74. The zero-order valence-corrected chi connectivity index (χ0v) is 16.1. The Hall–Kier alpha value is -2.73. The summed E-state index contributed by atoms with van der Waals surface area (Å²) in [5.41, 5.74) is 3.56. The van der Waals surface area contributed by atoms with Crippen molar-refractivity contribution in [1.82, 2.24) is 4.90 Å². The minimum absolute atomic E-state index is 0.191. The molecule has 0 radical (unpaired) electrons. The van der Waals surface area contributed by atoms with Gasteiger partial charge in [-0.05, 0) is 53.1 Å². The van der Waals surface area contributed by atoms with Crippen LogP contribution in [0.15, 0.2) is 52.4 Å². The number of methoxy groups -OCH3 is 2. The first kappa shape index (κ1) is 17.7. The van der Waals surface area contributed by atoms with Gasteiger partial charge in [-0.15, -0.1) is 0 Å². The van der Waals surface area contributed by atoms with Gasteiger partial charge in [-0.3, -0.25) is 4.79 Å². The number of aliphatic imine (C=N–C) groups is 1. The molecular formula is C21H20N2O3S. The number of benzene rings is 2. The highest BCUT2D eigenvalue weighted by Gasteiger charge is 2.28. The maximum Gasteiger partial charge on any atom is 0.286 e. The average Bonchev–Trinajstić information content (AvgIpc) is 3.07. The summed E-state index contributed by atoms with van der Waals surface area (Å²) in [6, 6.07) is 14.0. The molecule has 0 atom stereocenters. The first-order chi connectivity index (χ1) is 13.2. The quantitative estimate of drug-likeness (QED) is 0.760. The Labute approximate surface area is 162 Å². The molecule has 2 aliphatic heterocycles. The lowest BCUT2D eigenvalue weighted by Crippen LogP contribution is -2.33. The maximum atomic E-state index is 12.4. The number of fused-ring (bicyclic) bond motifs is 1. The molecule has 4 rings (SSSR count). The number of thioether (sulfide) groups is 1. The van der Waals surface area contributed by atoms with E-state index in [-0.39, 0.29) is 5.91 Å². The Morgan fingerprint density at radius 2 is 1.85 bits per heavy atom. The van der Waals surface area contributed by atoms with Gasteiger partial charge in [0.2, 0.25) is 0 Å². The van der Waals surface area contributed by atoms with E-state index in [2.05, 4.69) is 34.2 Å². The van der Waals surface area contributed by atoms with Crippen LogP contribution < -0.4 is 9.47 Å². The summed E-state index contributed by atoms with van der Waals surface area (Å²) in [5.74, 6) is 1.11. The number of carbonyl (C=O) groups is 1. The second-order valence-electron chi connectivity index (χ2n) is 6.36. The fourth-order valence-corrected chi connectivity index (χ4v) is 4.22. The molecule has 2 aliphatic rings. The van der Waals surface area contributed by atoms with Gasteiger partial charge in [0.1, 0.15) is 0 Å². The van der Waals surface area contributed by atoms with E-state index in [1.165, 1.54) is 22.9 Å². The van der Waals surface area contributed by atoms with Crippen LogP contribution in [-0.2, 0) is 17.8 Å². The van der Waals surface area contributed by atoms with Gasteiger partial charge in [0.25, 0.3) is 5.91 Å². The third kappa shape index (κ3) is 3.57. The van der Waals surface area contributed by atoms with E-state index in [4.69, 9.17) is 9.47 Å². The van der Waals surface area contributed by atoms with Crippen LogP contribution in [0.1, 0.15) is 16.7 Å². The lowest BCUT2D eigenvalue weighted by molar-refractivity contribution is -0.113. The molecule has 2 aromatic carbocycles. The van der Waals surface area contributed by atoms with Gasteiger partial charge in [0.05, 0.1) is 19.1 Å². The van der Waals surface area contributed by atoms with E-state index >= 15 is 0 Å². The third-order valence-corrected chi connectivity index (χ3v) is 5.76. The van der Waals surface area contributed by atoms with E-state index in [0.717, 1.165) is 30.2 Å². The molecule has 0 saturated carbocycles. The molecule has 0 aromatic heterocycles. The van der Waals surface area contributed by atoms with Crippen molar-refractivity contribution >= 4 is 28.9 Å². The zero-order valence-electron chi connectivity index (χ0n) is 15.3. The number of nitrogens with zero attached hydrogens (tertiary/aromatic N) is 2. The van der Waals surface area contributed by atoms with Crippen molar-refractivity contribution in [2.24, 2.45) is 4.99 Å². The van der Waals surface area contributed by atoms with Crippen molar-refractivity contribution in [3.63, 3.8) is 0 Å². The summed E-state index contributed by atoms with van der Waals surface area (Å²) < 4.78 is 10.6. The highest BCUT2D eigenvalue weighted by Crippen LogP contribution is 2.34. The van der Waals surface area contributed by atoms with Crippen LogP contribution in [-0.4, -0.2) is 36.7 Å². The fourth-order valence-electron chi connectivity index (χ4n) is 3.29. The molecule has 0 saturated heterocycles. The molecular weight excluding hydrogens is 360 g/mol. The summed E-state index contributed by atoms with van der Waals surface area (Å²) in [4.78, 5) is 19.5. The van der Waals surface area contributed by atoms with Crippen molar-refractivity contribution < 1.29 is 14.3 Å². The lowest BCUT2D eigenvalue weighted by atomic mass is 10.0. The summed E-state index contributed by atoms with van der Waals surface area (Å²) in [6.45, 7) is 1.67. The van der Waals surface area contributed by atoms with Gasteiger partial charge in [0.15, 0.2) is 16.7 Å². The topological polar surface area (TPSA) is 51.1 Å². The van der Waals surface area contributed by atoms with Gasteiger partial charge in [-0.25, -0.2) is 0 Å². The average molecular weight is 380 g/mol. The lowest BCUT2D eigenvalue weighted by Gasteiger charge is -2.29. The molecule has 1 amide bonds. The smallest absolute Gasteiger partial charge is 0.286 e. The van der Waals surface area contributed by atoms with Crippen molar-refractivity contribution in [2.45, 2.75) is 13.0 Å². The molecule has 6 heteroatoms. The minimum Gasteiger partial charge on any atom is -0.493 e. The molecule has 5 nitrogen and oxygen atoms in total. The van der Waals surface area contributed by atoms with Gasteiger partial charge < -0.3 is 14.4 Å². The molecule has 2 aromatic rings. The van der Waals surface area contributed by atoms with Crippen LogP contribution in [0.2, 0.25) is 0 Å². The number of amides is 1. The zero-order chi connectivity index (χ0) is 18.8. The van der Waals surface area contributed by atoms with Crippen molar-refractivity contribution in [3.05, 3.63) is 64.1 Å². The molecule has 0 unspecified atom stereocenters. The van der Waals surface area contributed by atoms with Crippen LogP contribution in [0.5, 0.6) is 11.5 Å². The van der Waals surface area contributed by atoms with E-state index in [0.29, 0.717) is 16.4 Å². The summed E-state index contributed by atoms with van der Waals surface area (Å²) in [7, 11) is 3.20. The second kappa shape index (κ2) is 7.48.